The Labute approximate surface area is 124 Å². The third-order valence-corrected chi connectivity index (χ3v) is 4.45. The van der Waals surface area contributed by atoms with Gasteiger partial charge in [-0.25, -0.2) is 0 Å². The fourth-order valence-corrected chi connectivity index (χ4v) is 3.07. The van der Waals surface area contributed by atoms with E-state index in [4.69, 9.17) is 33.7 Å². The highest BCUT2D eigenvalue weighted by atomic mass is 35.5. The summed E-state index contributed by atoms with van der Waals surface area (Å²) in [5.41, 5.74) is 7.29. The summed E-state index contributed by atoms with van der Waals surface area (Å²) in [7, 11) is 1.78. The molecule has 1 aromatic rings. The number of rotatable bonds is 3. The van der Waals surface area contributed by atoms with Crippen LogP contribution >= 0.6 is 23.2 Å². The van der Waals surface area contributed by atoms with Crippen LogP contribution in [0.15, 0.2) is 12.1 Å². The van der Waals surface area contributed by atoms with Crippen LogP contribution in [0.5, 0.6) is 0 Å². The van der Waals surface area contributed by atoms with Crippen molar-refractivity contribution in [3.8, 4) is 0 Å². The van der Waals surface area contributed by atoms with E-state index in [1.807, 2.05) is 12.1 Å². The van der Waals surface area contributed by atoms with Crippen LogP contribution in [0.1, 0.15) is 18.9 Å². The standard InChI is InChI=1S/C14H20Cl2N2O/c1-9-3-4-18(8-13(9)19-2)7-10-5-11(15)14(17)12(16)6-10/h5-6,9,13H,3-4,7-8,17H2,1-2H3. The SMILES string of the molecule is COC1CN(Cc2cc(Cl)c(N)c(Cl)c2)CCC1C. The topological polar surface area (TPSA) is 38.5 Å². The van der Waals surface area contributed by atoms with Crippen molar-refractivity contribution in [1.82, 2.24) is 4.90 Å². The van der Waals surface area contributed by atoms with Gasteiger partial charge in [-0.15, -0.1) is 0 Å². The summed E-state index contributed by atoms with van der Waals surface area (Å²) in [4.78, 5) is 2.37. The van der Waals surface area contributed by atoms with E-state index in [0.717, 1.165) is 31.6 Å². The highest BCUT2D eigenvalue weighted by Crippen LogP contribution is 2.30. The molecule has 1 aliphatic rings. The van der Waals surface area contributed by atoms with Crippen LogP contribution in [0.2, 0.25) is 10.0 Å². The number of ether oxygens (including phenoxy) is 1. The van der Waals surface area contributed by atoms with Crippen molar-refractivity contribution in [3.05, 3.63) is 27.7 Å². The van der Waals surface area contributed by atoms with Gasteiger partial charge in [0.05, 0.1) is 21.8 Å². The molecule has 1 aromatic carbocycles. The van der Waals surface area contributed by atoms with Gasteiger partial charge in [-0.1, -0.05) is 30.1 Å². The van der Waals surface area contributed by atoms with Crippen molar-refractivity contribution in [1.29, 1.82) is 0 Å². The van der Waals surface area contributed by atoms with Gasteiger partial charge < -0.3 is 10.5 Å². The number of hydrogen-bond donors (Lipinski definition) is 1. The maximum atomic E-state index is 6.06. The van der Waals surface area contributed by atoms with Crippen LogP contribution in [0.4, 0.5) is 5.69 Å². The van der Waals surface area contributed by atoms with Gasteiger partial charge in [-0.05, 0) is 36.6 Å². The first-order valence-electron chi connectivity index (χ1n) is 6.49. The molecule has 2 rings (SSSR count). The zero-order valence-electron chi connectivity index (χ0n) is 11.3. The molecular formula is C14H20Cl2N2O. The molecule has 2 unspecified atom stereocenters. The van der Waals surface area contributed by atoms with Crippen molar-refractivity contribution in [2.24, 2.45) is 5.92 Å². The average Bonchev–Trinajstić information content (AvgIpc) is 2.38. The largest absolute Gasteiger partial charge is 0.396 e. The highest BCUT2D eigenvalue weighted by Gasteiger charge is 2.26. The maximum absolute atomic E-state index is 6.06. The van der Waals surface area contributed by atoms with E-state index in [1.54, 1.807) is 7.11 Å². The number of likely N-dealkylation sites (tertiary alicyclic amines) is 1. The highest BCUT2D eigenvalue weighted by molar-refractivity contribution is 6.38. The molecule has 1 aliphatic heterocycles. The number of nitrogens with zero attached hydrogens (tertiary/aromatic N) is 1. The molecule has 1 fully saturated rings. The van der Waals surface area contributed by atoms with Crippen molar-refractivity contribution in [2.75, 3.05) is 25.9 Å². The molecule has 2 atom stereocenters. The molecule has 0 spiro atoms. The van der Waals surface area contributed by atoms with Crippen LogP contribution in [0, 0.1) is 5.92 Å². The minimum atomic E-state index is 0.300. The van der Waals surface area contributed by atoms with E-state index < -0.39 is 0 Å². The van der Waals surface area contributed by atoms with Crippen LogP contribution in [0.25, 0.3) is 0 Å². The second kappa shape index (κ2) is 6.31. The lowest BCUT2D eigenvalue weighted by molar-refractivity contribution is -0.00744. The quantitative estimate of drug-likeness (QED) is 0.869. The molecule has 19 heavy (non-hydrogen) atoms. The number of hydrogen-bond acceptors (Lipinski definition) is 3. The zero-order valence-corrected chi connectivity index (χ0v) is 12.8. The average molecular weight is 303 g/mol. The number of anilines is 1. The molecule has 1 heterocycles. The minimum Gasteiger partial charge on any atom is -0.396 e. The van der Waals surface area contributed by atoms with Crippen molar-refractivity contribution < 1.29 is 4.74 Å². The summed E-state index contributed by atoms with van der Waals surface area (Å²) in [6.45, 7) is 5.08. The van der Waals surface area contributed by atoms with Crippen LogP contribution in [-0.2, 0) is 11.3 Å². The molecule has 2 N–H and O–H groups in total. The van der Waals surface area contributed by atoms with E-state index in [9.17, 15) is 0 Å². The number of benzene rings is 1. The van der Waals surface area contributed by atoms with Crippen LogP contribution in [0.3, 0.4) is 0 Å². The lowest BCUT2D eigenvalue weighted by atomic mass is 9.95. The smallest absolute Gasteiger partial charge is 0.0724 e. The molecule has 0 radical (unpaired) electrons. The Balaban J connectivity index is 2.05. The molecule has 106 valence electrons. The first kappa shape index (κ1) is 14.9. The summed E-state index contributed by atoms with van der Waals surface area (Å²) in [5, 5.41) is 1.05. The molecular weight excluding hydrogens is 283 g/mol. The van der Waals surface area contributed by atoms with Gasteiger partial charge in [0.1, 0.15) is 0 Å². The van der Waals surface area contributed by atoms with Crippen molar-refractivity contribution >= 4 is 28.9 Å². The fourth-order valence-electron chi connectivity index (χ4n) is 2.53. The van der Waals surface area contributed by atoms with Crippen molar-refractivity contribution in [3.63, 3.8) is 0 Å². The molecule has 1 saturated heterocycles. The normalized spacial score (nSPS) is 24.6. The molecule has 0 aliphatic carbocycles. The van der Waals surface area contributed by atoms with E-state index in [-0.39, 0.29) is 0 Å². The molecule has 0 saturated carbocycles. The molecule has 3 nitrogen and oxygen atoms in total. The molecule has 0 amide bonds. The van der Waals surface area contributed by atoms with Gasteiger partial charge in [-0.2, -0.15) is 0 Å². The van der Waals surface area contributed by atoms with E-state index >= 15 is 0 Å². The Morgan fingerprint density at radius 2 is 2.00 bits per heavy atom. The fraction of sp³-hybridized carbons (Fsp3) is 0.571. The third kappa shape index (κ3) is 3.54. The summed E-state index contributed by atoms with van der Waals surface area (Å²) in [6.07, 6.45) is 1.45. The predicted octanol–water partition coefficient (Wildman–Crippen LogP) is 3.43. The van der Waals surface area contributed by atoms with Gasteiger partial charge in [0, 0.05) is 20.2 Å². The number of halogens is 2. The summed E-state index contributed by atoms with van der Waals surface area (Å²) >= 11 is 12.1. The Morgan fingerprint density at radius 3 is 2.58 bits per heavy atom. The number of nitrogens with two attached hydrogens (primary N) is 1. The maximum Gasteiger partial charge on any atom is 0.0724 e. The Kier molecular flexibility index (Phi) is 4.96. The third-order valence-electron chi connectivity index (χ3n) is 3.82. The molecule has 0 bridgehead atoms. The monoisotopic (exact) mass is 302 g/mol. The first-order valence-corrected chi connectivity index (χ1v) is 7.25. The van der Waals surface area contributed by atoms with Gasteiger partial charge >= 0.3 is 0 Å². The van der Waals surface area contributed by atoms with E-state index in [2.05, 4.69) is 11.8 Å². The number of nitrogen functional groups attached to an aromatic ring is 1. The van der Waals surface area contributed by atoms with Gasteiger partial charge in [0.2, 0.25) is 0 Å². The summed E-state index contributed by atoms with van der Waals surface area (Å²) in [6, 6.07) is 3.78. The van der Waals surface area contributed by atoms with Crippen molar-refractivity contribution in [2.45, 2.75) is 26.0 Å². The lowest BCUT2D eigenvalue weighted by Crippen LogP contribution is -2.43. The molecule has 0 aromatic heterocycles. The summed E-state index contributed by atoms with van der Waals surface area (Å²) < 4.78 is 5.52. The Morgan fingerprint density at radius 1 is 1.37 bits per heavy atom. The van der Waals surface area contributed by atoms with Gasteiger partial charge in [0.25, 0.3) is 0 Å². The molecule has 5 heteroatoms. The second-order valence-corrected chi connectivity index (χ2v) is 6.06. The zero-order chi connectivity index (χ0) is 14.0. The minimum absolute atomic E-state index is 0.300. The second-order valence-electron chi connectivity index (χ2n) is 5.25. The van der Waals surface area contributed by atoms with Gasteiger partial charge in [0.15, 0.2) is 0 Å². The van der Waals surface area contributed by atoms with Crippen LogP contribution in [-0.4, -0.2) is 31.2 Å². The first-order chi connectivity index (χ1) is 9.01. The van der Waals surface area contributed by atoms with E-state index in [0.29, 0.717) is 27.8 Å². The lowest BCUT2D eigenvalue weighted by Gasteiger charge is -2.36. The Bertz CT molecular complexity index is 430. The van der Waals surface area contributed by atoms with E-state index in [1.165, 1.54) is 0 Å². The predicted molar refractivity (Wildman–Crippen MR) is 80.7 cm³/mol. The van der Waals surface area contributed by atoms with Crippen LogP contribution < -0.4 is 5.73 Å². The summed E-state index contributed by atoms with van der Waals surface area (Å²) in [5.74, 6) is 0.611. The Hall–Kier alpha value is -0.480. The number of piperidine rings is 1. The number of methoxy groups -OCH3 is 1. The van der Waals surface area contributed by atoms with Gasteiger partial charge in [-0.3, -0.25) is 4.90 Å².